The molecule has 1 nitrogen and oxygen atoms in total. The summed E-state index contributed by atoms with van der Waals surface area (Å²) in [5, 5.41) is 0. The number of aryl methyl sites for hydroxylation is 1. The molecule has 0 N–H and O–H groups in total. The lowest BCUT2D eigenvalue weighted by atomic mass is 9.87. The van der Waals surface area contributed by atoms with E-state index in [1.165, 1.54) is 34.4 Å². The number of anilines is 1. The number of alkyl halides is 3. The van der Waals surface area contributed by atoms with Crippen molar-refractivity contribution >= 4 is 5.69 Å². The number of fused-ring (bicyclic) bond motifs is 5. The van der Waals surface area contributed by atoms with E-state index in [0.717, 1.165) is 5.69 Å². The van der Waals surface area contributed by atoms with Gasteiger partial charge in [0, 0.05) is 18.2 Å². The smallest absolute Gasteiger partial charge is 0.359 e. The molecule has 5 rings (SSSR count). The average Bonchev–Trinajstić information content (AvgIpc) is 3.15. The van der Waals surface area contributed by atoms with E-state index in [9.17, 15) is 13.2 Å². The van der Waals surface area contributed by atoms with Crippen LogP contribution in [-0.4, -0.2) is 0 Å². The standard InChI is InChI=1S/C25H22F3N/c1-15-11-12-22-20(13-15)23-16(2)18-8-4-5-9-19(18)24(23)29(22)14-17-7-3-6-10-21(17)25(26,27)28/h3-13,16,23-24H,14H2,1-2H3. The number of hydrogen-bond acceptors (Lipinski definition) is 1. The summed E-state index contributed by atoms with van der Waals surface area (Å²) in [7, 11) is 0. The molecule has 148 valence electrons. The summed E-state index contributed by atoms with van der Waals surface area (Å²) in [5.74, 6) is 0.597. The van der Waals surface area contributed by atoms with Crippen molar-refractivity contribution in [1.29, 1.82) is 0 Å². The lowest BCUT2D eigenvalue weighted by molar-refractivity contribution is -0.138. The SMILES string of the molecule is Cc1ccc2c(c1)C1C(C)c3ccccc3C1N2Cc1ccccc1C(F)(F)F. The van der Waals surface area contributed by atoms with E-state index in [1.54, 1.807) is 12.1 Å². The molecular formula is C25H22F3N. The number of nitrogens with zero attached hydrogens (tertiary/aromatic N) is 1. The fraction of sp³-hybridized carbons (Fsp3) is 0.280. The molecule has 4 heteroatoms. The van der Waals surface area contributed by atoms with Crippen molar-refractivity contribution in [3.05, 3.63) is 100 Å². The minimum absolute atomic E-state index is 0.0688. The number of halogens is 3. The zero-order chi connectivity index (χ0) is 20.3. The Morgan fingerprint density at radius 2 is 1.55 bits per heavy atom. The van der Waals surface area contributed by atoms with Crippen LogP contribution in [0.1, 0.15) is 58.2 Å². The molecule has 0 bridgehead atoms. The van der Waals surface area contributed by atoms with E-state index in [-0.39, 0.29) is 18.5 Å². The molecule has 3 aromatic carbocycles. The summed E-state index contributed by atoms with van der Waals surface area (Å²) in [6, 6.07) is 20.7. The fourth-order valence-electron chi connectivity index (χ4n) is 5.31. The fourth-order valence-corrected chi connectivity index (χ4v) is 5.31. The summed E-state index contributed by atoms with van der Waals surface area (Å²) in [6.45, 7) is 4.56. The van der Waals surface area contributed by atoms with Gasteiger partial charge in [-0.05, 0) is 47.2 Å². The van der Waals surface area contributed by atoms with Gasteiger partial charge in [-0.25, -0.2) is 0 Å². The molecule has 1 aliphatic heterocycles. The maximum Gasteiger partial charge on any atom is 0.416 e. The highest BCUT2D eigenvalue weighted by Crippen LogP contribution is 2.61. The Kier molecular flexibility index (Phi) is 4.02. The van der Waals surface area contributed by atoms with Crippen LogP contribution in [-0.2, 0) is 12.7 Å². The minimum atomic E-state index is -4.35. The predicted molar refractivity (Wildman–Crippen MR) is 109 cm³/mol. The van der Waals surface area contributed by atoms with Gasteiger partial charge in [-0.15, -0.1) is 0 Å². The first-order valence-electron chi connectivity index (χ1n) is 9.97. The van der Waals surface area contributed by atoms with Crippen LogP contribution in [0, 0.1) is 6.92 Å². The second kappa shape index (κ2) is 6.38. The minimum Gasteiger partial charge on any atom is -0.359 e. The molecule has 2 aliphatic rings. The van der Waals surface area contributed by atoms with E-state index < -0.39 is 11.7 Å². The number of hydrogen-bond donors (Lipinski definition) is 0. The Morgan fingerprint density at radius 3 is 2.31 bits per heavy atom. The summed E-state index contributed by atoms with van der Waals surface area (Å²) in [4.78, 5) is 2.19. The van der Waals surface area contributed by atoms with E-state index >= 15 is 0 Å². The van der Waals surface area contributed by atoms with E-state index in [0.29, 0.717) is 11.5 Å². The Labute approximate surface area is 168 Å². The van der Waals surface area contributed by atoms with E-state index in [4.69, 9.17) is 0 Å². The summed E-state index contributed by atoms with van der Waals surface area (Å²) >= 11 is 0. The normalized spacial score (nSPS) is 22.4. The first kappa shape index (κ1) is 18.3. The van der Waals surface area contributed by atoms with Gasteiger partial charge in [0.05, 0.1) is 11.6 Å². The molecule has 1 heterocycles. The molecule has 0 saturated heterocycles. The molecule has 0 spiro atoms. The summed E-state index contributed by atoms with van der Waals surface area (Å²) in [6.07, 6.45) is -4.35. The van der Waals surface area contributed by atoms with Gasteiger partial charge in [0.25, 0.3) is 0 Å². The highest BCUT2D eigenvalue weighted by Gasteiger charge is 2.48. The van der Waals surface area contributed by atoms with Gasteiger partial charge in [-0.3, -0.25) is 0 Å². The highest BCUT2D eigenvalue weighted by molar-refractivity contribution is 5.68. The highest BCUT2D eigenvalue weighted by atomic mass is 19.4. The molecule has 1 aliphatic carbocycles. The second-order valence-corrected chi connectivity index (χ2v) is 8.23. The summed E-state index contributed by atoms with van der Waals surface area (Å²) in [5.41, 5.74) is 5.82. The van der Waals surface area contributed by atoms with Gasteiger partial charge in [-0.2, -0.15) is 13.2 Å². The molecule has 0 aromatic heterocycles. The zero-order valence-corrected chi connectivity index (χ0v) is 16.4. The lowest BCUT2D eigenvalue weighted by Gasteiger charge is -2.29. The molecule has 3 atom stereocenters. The zero-order valence-electron chi connectivity index (χ0n) is 16.4. The first-order chi connectivity index (χ1) is 13.9. The largest absolute Gasteiger partial charge is 0.416 e. The maximum absolute atomic E-state index is 13.6. The van der Waals surface area contributed by atoms with Crippen molar-refractivity contribution in [2.45, 2.75) is 44.4 Å². The van der Waals surface area contributed by atoms with Gasteiger partial charge < -0.3 is 4.90 Å². The third-order valence-electron chi connectivity index (χ3n) is 6.53. The van der Waals surface area contributed by atoms with Crippen molar-refractivity contribution in [3.8, 4) is 0 Å². The average molecular weight is 393 g/mol. The van der Waals surface area contributed by atoms with Crippen molar-refractivity contribution < 1.29 is 13.2 Å². The third kappa shape index (κ3) is 2.77. The van der Waals surface area contributed by atoms with Gasteiger partial charge >= 0.3 is 6.18 Å². The molecular weight excluding hydrogens is 371 g/mol. The van der Waals surface area contributed by atoms with Crippen molar-refractivity contribution in [1.82, 2.24) is 0 Å². The molecule has 0 fully saturated rings. The predicted octanol–water partition coefficient (Wildman–Crippen LogP) is 6.98. The molecule has 3 unspecified atom stereocenters. The molecule has 0 saturated carbocycles. The number of benzene rings is 3. The van der Waals surface area contributed by atoms with Crippen LogP contribution in [0.4, 0.5) is 18.9 Å². The Balaban J connectivity index is 1.65. The van der Waals surface area contributed by atoms with Crippen LogP contribution in [0.25, 0.3) is 0 Å². The van der Waals surface area contributed by atoms with Gasteiger partial charge in [0.1, 0.15) is 0 Å². The molecule has 0 amide bonds. The van der Waals surface area contributed by atoms with Crippen molar-refractivity contribution in [3.63, 3.8) is 0 Å². The van der Waals surface area contributed by atoms with Gasteiger partial charge in [0.15, 0.2) is 0 Å². The first-order valence-corrected chi connectivity index (χ1v) is 9.97. The van der Waals surface area contributed by atoms with Gasteiger partial charge in [-0.1, -0.05) is 67.1 Å². The van der Waals surface area contributed by atoms with Crippen LogP contribution in [0.5, 0.6) is 0 Å². The van der Waals surface area contributed by atoms with Gasteiger partial charge in [0.2, 0.25) is 0 Å². The van der Waals surface area contributed by atoms with Crippen molar-refractivity contribution in [2.24, 2.45) is 0 Å². The van der Waals surface area contributed by atoms with Crippen molar-refractivity contribution in [2.75, 3.05) is 4.90 Å². The van der Waals surface area contributed by atoms with Crippen LogP contribution >= 0.6 is 0 Å². The van der Waals surface area contributed by atoms with E-state index in [1.807, 2.05) is 6.07 Å². The van der Waals surface area contributed by atoms with Crippen LogP contribution in [0.3, 0.4) is 0 Å². The van der Waals surface area contributed by atoms with E-state index in [2.05, 4.69) is 55.1 Å². The molecule has 0 radical (unpaired) electrons. The lowest BCUT2D eigenvalue weighted by Crippen LogP contribution is -2.26. The second-order valence-electron chi connectivity index (χ2n) is 8.23. The Hall–Kier alpha value is -2.75. The monoisotopic (exact) mass is 393 g/mol. The summed E-state index contributed by atoms with van der Waals surface area (Å²) < 4.78 is 40.9. The van der Waals surface area contributed by atoms with Crippen LogP contribution < -0.4 is 4.90 Å². The molecule has 29 heavy (non-hydrogen) atoms. The number of rotatable bonds is 2. The quantitative estimate of drug-likeness (QED) is 0.454. The maximum atomic E-state index is 13.6. The Morgan fingerprint density at radius 1 is 0.862 bits per heavy atom. The third-order valence-corrected chi connectivity index (χ3v) is 6.53. The molecule has 3 aromatic rings. The van der Waals surface area contributed by atoms with Crippen LogP contribution in [0.2, 0.25) is 0 Å². The topological polar surface area (TPSA) is 3.24 Å². The van der Waals surface area contributed by atoms with Crippen LogP contribution in [0.15, 0.2) is 66.7 Å². The Bertz CT molecular complexity index is 1090.